The Morgan fingerprint density at radius 2 is 1.82 bits per heavy atom. The van der Waals surface area contributed by atoms with Crippen molar-refractivity contribution in [3.8, 4) is 5.75 Å². The molecule has 28 heavy (non-hydrogen) atoms. The molecule has 1 aliphatic rings. The number of nitrogens with zero attached hydrogens (tertiary/aromatic N) is 1. The van der Waals surface area contributed by atoms with Gasteiger partial charge in [-0.2, -0.15) is 0 Å². The SMILES string of the molecule is CCc1ccc([C@H](C)NC(=O)C[NH+]2CCN(c3ccccc3OC)CC2)cc1. The maximum Gasteiger partial charge on any atom is 0.275 e. The highest BCUT2D eigenvalue weighted by Gasteiger charge is 2.24. The number of carbonyl (C=O) groups excluding carboxylic acids is 1. The monoisotopic (exact) mass is 382 g/mol. The third-order valence-corrected chi connectivity index (χ3v) is 5.57. The zero-order valence-electron chi connectivity index (χ0n) is 17.2. The van der Waals surface area contributed by atoms with Crippen molar-refractivity contribution < 1.29 is 14.4 Å². The van der Waals surface area contributed by atoms with Crippen LogP contribution in [0, 0.1) is 0 Å². The molecule has 1 aliphatic heterocycles. The van der Waals surface area contributed by atoms with Gasteiger partial charge in [0.1, 0.15) is 5.75 Å². The lowest BCUT2D eigenvalue weighted by Crippen LogP contribution is -3.15. The fourth-order valence-electron chi connectivity index (χ4n) is 3.78. The number of hydrogen-bond acceptors (Lipinski definition) is 3. The molecule has 1 heterocycles. The molecular weight excluding hydrogens is 350 g/mol. The zero-order valence-corrected chi connectivity index (χ0v) is 17.2. The molecule has 3 rings (SSSR count). The van der Waals surface area contributed by atoms with E-state index in [2.05, 4.69) is 47.5 Å². The van der Waals surface area contributed by atoms with Gasteiger partial charge in [-0.15, -0.1) is 0 Å². The number of rotatable bonds is 7. The van der Waals surface area contributed by atoms with E-state index in [-0.39, 0.29) is 11.9 Å². The van der Waals surface area contributed by atoms with Gasteiger partial charge in [0, 0.05) is 0 Å². The molecule has 5 heteroatoms. The maximum atomic E-state index is 12.5. The van der Waals surface area contributed by atoms with Crippen LogP contribution in [0.3, 0.4) is 0 Å². The largest absolute Gasteiger partial charge is 0.495 e. The van der Waals surface area contributed by atoms with Crippen molar-refractivity contribution in [2.45, 2.75) is 26.3 Å². The average molecular weight is 383 g/mol. The molecule has 2 aromatic carbocycles. The fourth-order valence-corrected chi connectivity index (χ4v) is 3.78. The zero-order chi connectivity index (χ0) is 19.9. The first-order valence-electron chi connectivity index (χ1n) is 10.2. The molecule has 1 amide bonds. The second kappa shape index (κ2) is 9.60. The quantitative estimate of drug-likeness (QED) is 0.768. The number of aryl methyl sites for hydroxylation is 1. The summed E-state index contributed by atoms with van der Waals surface area (Å²) in [6.07, 6.45) is 1.03. The average Bonchev–Trinajstić information content (AvgIpc) is 2.74. The van der Waals surface area contributed by atoms with Crippen molar-refractivity contribution in [1.29, 1.82) is 0 Å². The van der Waals surface area contributed by atoms with Crippen molar-refractivity contribution in [1.82, 2.24) is 5.32 Å². The summed E-state index contributed by atoms with van der Waals surface area (Å²) in [4.78, 5) is 16.2. The van der Waals surface area contributed by atoms with E-state index in [9.17, 15) is 4.79 Å². The summed E-state index contributed by atoms with van der Waals surface area (Å²) in [7, 11) is 1.71. The summed E-state index contributed by atoms with van der Waals surface area (Å²) >= 11 is 0. The first-order valence-corrected chi connectivity index (χ1v) is 10.2. The minimum absolute atomic E-state index is 0.0349. The van der Waals surface area contributed by atoms with Gasteiger partial charge < -0.3 is 19.9 Å². The highest BCUT2D eigenvalue weighted by atomic mass is 16.5. The summed E-state index contributed by atoms with van der Waals surface area (Å²) in [5, 5.41) is 3.15. The van der Waals surface area contributed by atoms with Crippen LogP contribution < -0.4 is 19.9 Å². The molecule has 2 N–H and O–H groups in total. The molecule has 0 aliphatic carbocycles. The summed E-state index contributed by atoms with van der Waals surface area (Å²) in [5.41, 5.74) is 3.61. The molecule has 1 saturated heterocycles. The standard InChI is InChI=1S/C23H31N3O2/c1-4-19-9-11-20(12-10-19)18(2)24-23(27)17-25-13-15-26(16-14-25)21-7-5-6-8-22(21)28-3/h5-12,18H,4,13-17H2,1-3H3,(H,24,27)/p+1/t18-/m0/s1. The first kappa shape index (κ1) is 20.2. The van der Waals surface area contributed by atoms with Crippen LogP contribution in [0.4, 0.5) is 5.69 Å². The lowest BCUT2D eigenvalue weighted by Gasteiger charge is -2.34. The summed E-state index contributed by atoms with van der Waals surface area (Å²) in [6.45, 7) is 8.48. The van der Waals surface area contributed by atoms with Crippen molar-refractivity contribution in [3.63, 3.8) is 0 Å². The number of quaternary nitrogens is 1. The Morgan fingerprint density at radius 3 is 2.46 bits per heavy atom. The number of hydrogen-bond donors (Lipinski definition) is 2. The van der Waals surface area contributed by atoms with E-state index in [1.54, 1.807) is 7.11 Å². The molecule has 1 atom stereocenters. The number of benzene rings is 2. The number of methoxy groups -OCH3 is 1. The third-order valence-electron chi connectivity index (χ3n) is 5.57. The van der Waals surface area contributed by atoms with Crippen LogP contribution in [0.25, 0.3) is 0 Å². The van der Waals surface area contributed by atoms with Crippen LogP contribution in [0.15, 0.2) is 48.5 Å². The molecule has 0 bridgehead atoms. The minimum Gasteiger partial charge on any atom is -0.495 e. The Balaban J connectivity index is 1.48. The van der Waals surface area contributed by atoms with E-state index < -0.39 is 0 Å². The van der Waals surface area contributed by atoms with E-state index in [0.29, 0.717) is 6.54 Å². The van der Waals surface area contributed by atoms with E-state index in [1.807, 2.05) is 25.1 Å². The maximum absolute atomic E-state index is 12.5. The Bertz CT molecular complexity index is 768. The van der Waals surface area contributed by atoms with Crippen molar-refractivity contribution >= 4 is 11.6 Å². The Morgan fingerprint density at radius 1 is 1.14 bits per heavy atom. The van der Waals surface area contributed by atoms with Crippen LogP contribution >= 0.6 is 0 Å². The molecule has 150 valence electrons. The highest BCUT2D eigenvalue weighted by molar-refractivity contribution is 5.77. The number of amides is 1. The van der Waals surface area contributed by atoms with Crippen molar-refractivity contribution in [2.75, 3.05) is 44.7 Å². The van der Waals surface area contributed by atoms with Crippen LogP contribution in [0.5, 0.6) is 5.75 Å². The van der Waals surface area contributed by atoms with Crippen molar-refractivity contribution in [2.24, 2.45) is 0 Å². The summed E-state index contributed by atoms with van der Waals surface area (Å²) < 4.78 is 5.48. The Labute approximate surface area is 168 Å². The first-order chi connectivity index (χ1) is 13.6. The van der Waals surface area contributed by atoms with Gasteiger partial charge in [-0.1, -0.05) is 43.3 Å². The summed E-state index contributed by atoms with van der Waals surface area (Å²) in [6, 6.07) is 16.7. The fraction of sp³-hybridized carbons (Fsp3) is 0.435. The predicted molar refractivity (Wildman–Crippen MR) is 113 cm³/mol. The molecule has 0 saturated carbocycles. The normalized spacial score (nSPS) is 15.9. The van der Waals surface area contributed by atoms with E-state index in [1.165, 1.54) is 10.5 Å². The van der Waals surface area contributed by atoms with Crippen LogP contribution in [0.2, 0.25) is 0 Å². The van der Waals surface area contributed by atoms with Gasteiger partial charge in [-0.25, -0.2) is 0 Å². The number of carbonyl (C=O) groups is 1. The molecule has 5 nitrogen and oxygen atoms in total. The molecular formula is C23H32N3O2+. The minimum atomic E-state index is 0.0349. The number of para-hydroxylation sites is 2. The molecule has 0 aromatic heterocycles. The molecule has 0 spiro atoms. The van der Waals surface area contributed by atoms with E-state index in [0.717, 1.165) is 49.6 Å². The van der Waals surface area contributed by atoms with E-state index >= 15 is 0 Å². The van der Waals surface area contributed by atoms with Gasteiger partial charge in [0.15, 0.2) is 6.54 Å². The second-order valence-corrected chi connectivity index (χ2v) is 7.47. The van der Waals surface area contributed by atoms with E-state index in [4.69, 9.17) is 4.74 Å². The van der Waals surface area contributed by atoms with Gasteiger partial charge in [-0.3, -0.25) is 4.79 Å². The van der Waals surface area contributed by atoms with Gasteiger partial charge in [-0.05, 0) is 36.6 Å². The number of nitrogens with one attached hydrogen (secondary N) is 2. The molecule has 0 unspecified atom stereocenters. The van der Waals surface area contributed by atoms with Gasteiger partial charge in [0.25, 0.3) is 5.91 Å². The number of anilines is 1. The topological polar surface area (TPSA) is 46.0 Å². The predicted octanol–water partition coefficient (Wildman–Crippen LogP) is 1.84. The molecule has 1 fully saturated rings. The number of piperazine rings is 1. The van der Waals surface area contributed by atoms with Gasteiger partial charge in [0.05, 0.1) is 45.0 Å². The number of ether oxygens (including phenoxy) is 1. The van der Waals surface area contributed by atoms with Crippen LogP contribution in [-0.4, -0.2) is 45.7 Å². The Kier molecular flexibility index (Phi) is 6.93. The van der Waals surface area contributed by atoms with Crippen LogP contribution in [-0.2, 0) is 11.2 Å². The molecule has 0 radical (unpaired) electrons. The second-order valence-electron chi connectivity index (χ2n) is 7.47. The third kappa shape index (κ3) is 5.04. The highest BCUT2D eigenvalue weighted by Crippen LogP contribution is 2.27. The lowest BCUT2D eigenvalue weighted by molar-refractivity contribution is -0.892. The summed E-state index contributed by atoms with van der Waals surface area (Å²) in [5.74, 6) is 1.03. The van der Waals surface area contributed by atoms with Crippen molar-refractivity contribution in [3.05, 3.63) is 59.7 Å². The van der Waals surface area contributed by atoms with Gasteiger partial charge in [0.2, 0.25) is 0 Å². The smallest absolute Gasteiger partial charge is 0.275 e. The van der Waals surface area contributed by atoms with Crippen LogP contribution in [0.1, 0.15) is 31.0 Å². The Hall–Kier alpha value is -2.53. The lowest BCUT2D eigenvalue weighted by atomic mass is 10.0. The molecule has 2 aromatic rings. The van der Waals surface area contributed by atoms with Gasteiger partial charge >= 0.3 is 0 Å².